The molecular weight excluding hydrogens is 234 g/mol. The third-order valence-electron chi connectivity index (χ3n) is 2.51. The fourth-order valence-electron chi connectivity index (χ4n) is 1.39. The van der Waals surface area contributed by atoms with Gasteiger partial charge in [0.15, 0.2) is 5.75 Å². The smallest absolute Gasteiger partial charge is 0.311 e. The lowest BCUT2D eigenvalue weighted by atomic mass is 10.0. The summed E-state index contributed by atoms with van der Waals surface area (Å²) in [5, 5.41) is 19.6. The van der Waals surface area contributed by atoms with Crippen LogP contribution in [-0.2, 0) is 0 Å². The van der Waals surface area contributed by atoms with E-state index in [2.05, 4.69) is 0 Å². The first-order valence-corrected chi connectivity index (χ1v) is 5.44. The number of rotatable bonds is 5. The summed E-state index contributed by atoms with van der Waals surface area (Å²) >= 11 is 0. The van der Waals surface area contributed by atoms with Crippen LogP contribution in [0, 0.1) is 28.4 Å². The lowest BCUT2D eigenvalue weighted by Gasteiger charge is -2.16. The van der Waals surface area contributed by atoms with E-state index in [1.54, 1.807) is 26.0 Å². The molecule has 0 saturated heterocycles. The van der Waals surface area contributed by atoms with Crippen LogP contribution in [0.3, 0.4) is 0 Å². The SMILES string of the molecule is Cc1cccc([N+](=O)[O-])c1OCCC(C)(N)C#N. The number of nitrogens with two attached hydrogens (primary N) is 1. The quantitative estimate of drug-likeness (QED) is 0.634. The summed E-state index contributed by atoms with van der Waals surface area (Å²) in [6.07, 6.45) is 0.301. The number of aryl methyl sites for hydroxylation is 1. The van der Waals surface area contributed by atoms with Gasteiger partial charge in [0.25, 0.3) is 0 Å². The van der Waals surface area contributed by atoms with E-state index in [1.807, 2.05) is 6.07 Å². The summed E-state index contributed by atoms with van der Waals surface area (Å²) in [5.74, 6) is 0.233. The van der Waals surface area contributed by atoms with Gasteiger partial charge in [-0.3, -0.25) is 10.1 Å². The Morgan fingerprint density at radius 1 is 1.61 bits per heavy atom. The summed E-state index contributed by atoms with van der Waals surface area (Å²) in [5.41, 5.74) is 5.25. The monoisotopic (exact) mass is 249 g/mol. The maximum Gasteiger partial charge on any atom is 0.311 e. The zero-order valence-electron chi connectivity index (χ0n) is 10.3. The standard InChI is InChI=1S/C12H15N3O3/c1-9-4-3-5-10(15(16)17)11(9)18-7-6-12(2,14)8-13/h3-5H,6-7,14H2,1-2H3. The van der Waals surface area contributed by atoms with Crippen molar-refractivity contribution in [2.75, 3.05) is 6.61 Å². The number of nitro groups is 1. The summed E-state index contributed by atoms with van der Waals surface area (Å²) in [6.45, 7) is 3.48. The van der Waals surface area contributed by atoms with Gasteiger partial charge in [0.1, 0.15) is 5.54 Å². The highest BCUT2D eigenvalue weighted by Gasteiger charge is 2.20. The van der Waals surface area contributed by atoms with Crippen LogP contribution in [0.2, 0.25) is 0 Å². The number of hydrogen-bond donors (Lipinski definition) is 1. The van der Waals surface area contributed by atoms with Crippen molar-refractivity contribution in [3.8, 4) is 11.8 Å². The molecule has 0 radical (unpaired) electrons. The molecule has 1 aromatic rings. The maximum absolute atomic E-state index is 10.8. The van der Waals surface area contributed by atoms with E-state index < -0.39 is 10.5 Å². The van der Waals surface area contributed by atoms with Crippen molar-refractivity contribution in [2.45, 2.75) is 25.8 Å². The zero-order chi connectivity index (χ0) is 13.8. The molecule has 2 N–H and O–H groups in total. The minimum Gasteiger partial charge on any atom is -0.487 e. The van der Waals surface area contributed by atoms with Crippen LogP contribution in [0.15, 0.2) is 18.2 Å². The average Bonchev–Trinajstić information content (AvgIpc) is 2.30. The summed E-state index contributed by atoms with van der Waals surface area (Å²) in [4.78, 5) is 10.3. The van der Waals surface area contributed by atoms with Gasteiger partial charge in [-0.15, -0.1) is 0 Å². The van der Waals surface area contributed by atoms with E-state index in [0.29, 0.717) is 12.0 Å². The number of nitriles is 1. The topological polar surface area (TPSA) is 102 Å². The van der Waals surface area contributed by atoms with Crippen LogP contribution in [0.4, 0.5) is 5.69 Å². The second-order valence-electron chi connectivity index (χ2n) is 4.31. The third-order valence-corrected chi connectivity index (χ3v) is 2.51. The van der Waals surface area contributed by atoms with E-state index in [1.165, 1.54) is 6.07 Å². The second-order valence-corrected chi connectivity index (χ2v) is 4.31. The van der Waals surface area contributed by atoms with Crippen LogP contribution in [0.25, 0.3) is 0 Å². The number of para-hydroxylation sites is 1. The molecule has 0 aliphatic rings. The number of hydrogen-bond acceptors (Lipinski definition) is 5. The fourth-order valence-corrected chi connectivity index (χ4v) is 1.39. The van der Waals surface area contributed by atoms with Crippen LogP contribution >= 0.6 is 0 Å². The molecule has 0 bridgehead atoms. The summed E-state index contributed by atoms with van der Waals surface area (Å²) < 4.78 is 5.39. The molecule has 6 heteroatoms. The fraction of sp³-hybridized carbons (Fsp3) is 0.417. The van der Waals surface area contributed by atoms with Crippen LogP contribution in [0.5, 0.6) is 5.75 Å². The number of ether oxygens (including phenoxy) is 1. The molecule has 1 atom stereocenters. The van der Waals surface area contributed by atoms with Gasteiger partial charge in [-0.25, -0.2) is 0 Å². The molecule has 0 spiro atoms. The van der Waals surface area contributed by atoms with E-state index in [-0.39, 0.29) is 18.0 Å². The third kappa shape index (κ3) is 3.43. The predicted molar refractivity (Wildman–Crippen MR) is 66.2 cm³/mol. The molecule has 0 saturated carbocycles. The van der Waals surface area contributed by atoms with Crippen molar-refractivity contribution in [2.24, 2.45) is 5.73 Å². The number of nitro benzene ring substituents is 1. The van der Waals surface area contributed by atoms with E-state index >= 15 is 0 Å². The van der Waals surface area contributed by atoms with E-state index in [4.69, 9.17) is 15.7 Å². The van der Waals surface area contributed by atoms with Crippen LogP contribution < -0.4 is 10.5 Å². The Balaban J connectivity index is 2.80. The molecule has 18 heavy (non-hydrogen) atoms. The van der Waals surface area contributed by atoms with Crippen molar-refractivity contribution in [1.29, 1.82) is 5.26 Å². The first kappa shape index (κ1) is 13.9. The van der Waals surface area contributed by atoms with Gasteiger partial charge in [-0.05, 0) is 19.4 Å². The number of nitrogens with zero attached hydrogens (tertiary/aromatic N) is 2. The van der Waals surface area contributed by atoms with E-state index in [0.717, 1.165) is 0 Å². The van der Waals surface area contributed by atoms with Crippen molar-refractivity contribution >= 4 is 5.69 Å². The van der Waals surface area contributed by atoms with Crippen molar-refractivity contribution in [1.82, 2.24) is 0 Å². The lowest BCUT2D eigenvalue weighted by molar-refractivity contribution is -0.385. The molecule has 1 rings (SSSR count). The lowest BCUT2D eigenvalue weighted by Crippen LogP contribution is -2.35. The van der Waals surface area contributed by atoms with Crippen molar-refractivity contribution in [3.05, 3.63) is 33.9 Å². The molecule has 1 aromatic carbocycles. The largest absolute Gasteiger partial charge is 0.487 e. The van der Waals surface area contributed by atoms with Crippen molar-refractivity contribution < 1.29 is 9.66 Å². The Morgan fingerprint density at radius 2 is 2.28 bits per heavy atom. The summed E-state index contributed by atoms with van der Waals surface area (Å²) in [7, 11) is 0. The summed E-state index contributed by atoms with van der Waals surface area (Å²) in [6, 6.07) is 6.66. The molecule has 6 nitrogen and oxygen atoms in total. The Morgan fingerprint density at radius 3 is 2.83 bits per heavy atom. The molecular formula is C12H15N3O3. The van der Waals surface area contributed by atoms with Gasteiger partial charge < -0.3 is 10.5 Å². The normalized spacial score (nSPS) is 13.4. The molecule has 0 heterocycles. The molecule has 1 unspecified atom stereocenters. The van der Waals surface area contributed by atoms with Gasteiger partial charge in [0, 0.05) is 12.5 Å². The van der Waals surface area contributed by atoms with Gasteiger partial charge in [-0.1, -0.05) is 12.1 Å². The van der Waals surface area contributed by atoms with Crippen molar-refractivity contribution in [3.63, 3.8) is 0 Å². The maximum atomic E-state index is 10.8. The molecule has 96 valence electrons. The van der Waals surface area contributed by atoms with Crippen LogP contribution in [-0.4, -0.2) is 17.1 Å². The molecule has 0 aromatic heterocycles. The first-order valence-electron chi connectivity index (χ1n) is 5.44. The van der Waals surface area contributed by atoms with Gasteiger partial charge in [0.2, 0.25) is 0 Å². The Labute approximate surface area is 105 Å². The average molecular weight is 249 g/mol. The van der Waals surface area contributed by atoms with Gasteiger partial charge >= 0.3 is 5.69 Å². The highest BCUT2D eigenvalue weighted by molar-refractivity contribution is 5.51. The molecule has 0 amide bonds. The Bertz CT molecular complexity index is 492. The molecule has 0 aliphatic carbocycles. The minimum atomic E-state index is -0.989. The Kier molecular flexibility index (Phi) is 4.23. The minimum absolute atomic E-state index is 0.0781. The first-order chi connectivity index (χ1) is 8.37. The number of benzene rings is 1. The van der Waals surface area contributed by atoms with Gasteiger partial charge in [0.05, 0.1) is 17.6 Å². The molecule has 0 fully saturated rings. The Hall–Kier alpha value is -2.13. The highest BCUT2D eigenvalue weighted by Crippen LogP contribution is 2.30. The zero-order valence-corrected chi connectivity index (χ0v) is 10.3. The van der Waals surface area contributed by atoms with Crippen LogP contribution in [0.1, 0.15) is 18.9 Å². The van der Waals surface area contributed by atoms with E-state index in [9.17, 15) is 10.1 Å². The predicted octanol–water partition coefficient (Wildman–Crippen LogP) is 1.91. The second kappa shape index (κ2) is 5.47. The highest BCUT2D eigenvalue weighted by atomic mass is 16.6. The molecule has 0 aliphatic heterocycles. The van der Waals surface area contributed by atoms with Gasteiger partial charge in [-0.2, -0.15) is 5.26 Å².